The Labute approximate surface area is 108 Å². The van der Waals surface area contributed by atoms with Crippen molar-refractivity contribution in [3.63, 3.8) is 0 Å². The van der Waals surface area contributed by atoms with E-state index in [1.165, 1.54) is 0 Å². The zero-order valence-corrected chi connectivity index (χ0v) is 11.6. The Morgan fingerprint density at radius 3 is 2.71 bits per heavy atom. The fraction of sp³-hybridized carbons (Fsp3) is 0.833. The van der Waals surface area contributed by atoms with Crippen LogP contribution < -0.4 is 5.73 Å². The summed E-state index contributed by atoms with van der Waals surface area (Å²) in [7, 11) is 0. The Kier molecular flexibility index (Phi) is 5.33. The van der Waals surface area contributed by atoms with Crippen molar-refractivity contribution in [2.24, 2.45) is 17.6 Å². The largest absolute Gasteiger partial charge is 0.393 e. The third-order valence-corrected chi connectivity index (χ3v) is 3.26. The van der Waals surface area contributed by atoms with Gasteiger partial charge < -0.3 is 15.4 Å². The number of ether oxygens (including phenoxy) is 1. The summed E-state index contributed by atoms with van der Waals surface area (Å²) in [6.07, 6.45) is 0.957. The molecule has 4 nitrogen and oxygen atoms in total. The molecule has 0 aromatic heterocycles. The fourth-order valence-electron chi connectivity index (χ4n) is 2.13. The van der Waals surface area contributed by atoms with Gasteiger partial charge in [0.2, 0.25) is 5.91 Å². The molecule has 1 aliphatic rings. The lowest BCUT2D eigenvalue weighted by molar-refractivity contribution is -0.135. The van der Waals surface area contributed by atoms with Crippen LogP contribution in [0.3, 0.4) is 0 Å². The minimum Gasteiger partial charge on any atom is -0.393 e. The van der Waals surface area contributed by atoms with Gasteiger partial charge in [-0.25, -0.2) is 0 Å². The number of amides is 1. The third kappa shape index (κ3) is 3.92. The van der Waals surface area contributed by atoms with E-state index in [1.807, 2.05) is 25.7 Å². The normalized spacial score (nSPS) is 23.3. The molecule has 5 heteroatoms. The molecule has 0 aromatic rings. The van der Waals surface area contributed by atoms with Crippen LogP contribution in [0.1, 0.15) is 27.2 Å². The monoisotopic (exact) mass is 258 g/mol. The summed E-state index contributed by atoms with van der Waals surface area (Å²) in [6, 6.07) is 0. The van der Waals surface area contributed by atoms with Crippen LogP contribution in [0.15, 0.2) is 0 Å². The van der Waals surface area contributed by atoms with Crippen molar-refractivity contribution in [1.29, 1.82) is 0 Å². The van der Waals surface area contributed by atoms with Crippen LogP contribution in [0.4, 0.5) is 0 Å². The number of hydrogen-bond donors (Lipinski definition) is 1. The molecular formula is C12H22N2O2S. The summed E-state index contributed by atoms with van der Waals surface area (Å²) in [5, 5.41) is 0. The Bertz CT molecular complexity index is 294. The summed E-state index contributed by atoms with van der Waals surface area (Å²) < 4.78 is 5.53. The maximum atomic E-state index is 12.4. The van der Waals surface area contributed by atoms with E-state index >= 15 is 0 Å². The molecule has 1 rings (SSSR count). The highest BCUT2D eigenvalue weighted by atomic mass is 32.1. The van der Waals surface area contributed by atoms with Crippen molar-refractivity contribution < 1.29 is 9.53 Å². The van der Waals surface area contributed by atoms with Crippen LogP contribution in [0.2, 0.25) is 0 Å². The Morgan fingerprint density at radius 2 is 2.18 bits per heavy atom. The molecule has 2 atom stereocenters. The van der Waals surface area contributed by atoms with E-state index in [0.29, 0.717) is 18.1 Å². The second kappa shape index (κ2) is 6.31. The van der Waals surface area contributed by atoms with Crippen molar-refractivity contribution in [1.82, 2.24) is 4.90 Å². The molecule has 0 spiro atoms. The number of thiocarbonyl (C=S) groups is 1. The predicted octanol–water partition coefficient (Wildman–Crippen LogP) is 1.18. The minimum absolute atomic E-state index is 0.0462. The van der Waals surface area contributed by atoms with Gasteiger partial charge >= 0.3 is 0 Å². The molecule has 0 radical (unpaired) electrons. The molecule has 0 saturated carbocycles. The first-order valence-corrected chi connectivity index (χ1v) is 6.54. The Morgan fingerprint density at radius 1 is 1.53 bits per heavy atom. The molecule has 1 heterocycles. The van der Waals surface area contributed by atoms with Crippen LogP contribution in [-0.2, 0) is 9.53 Å². The first kappa shape index (κ1) is 14.4. The van der Waals surface area contributed by atoms with Gasteiger partial charge in [-0.1, -0.05) is 26.1 Å². The van der Waals surface area contributed by atoms with E-state index in [9.17, 15) is 4.79 Å². The van der Waals surface area contributed by atoms with Crippen LogP contribution in [0.25, 0.3) is 0 Å². The lowest BCUT2D eigenvalue weighted by Crippen LogP contribution is -2.45. The average Bonchev–Trinajstić information content (AvgIpc) is 2.41. The molecule has 0 aliphatic carbocycles. The number of nitrogens with zero attached hydrogens (tertiary/aromatic N) is 1. The van der Waals surface area contributed by atoms with Crippen molar-refractivity contribution >= 4 is 23.1 Å². The molecule has 98 valence electrons. The van der Waals surface area contributed by atoms with Crippen molar-refractivity contribution in [2.45, 2.75) is 33.3 Å². The van der Waals surface area contributed by atoms with Crippen LogP contribution in [-0.4, -0.2) is 41.6 Å². The summed E-state index contributed by atoms with van der Waals surface area (Å²) in [6.45, 7) is 8.00. The molecule has 1 fully saturated rings. The van der Waals surface area contributed by atoms with E-state index in [0.717, 1.165) is 13.0 Å². The van der Waals surface area contributed by atoms with E-state index in [4.69, 9.17) is 22.7 Å². The van der Waals surface area contributed by atoms with Gasteiger partial charge in [0.1, 0.15) is 0 Å². The number of carbonyl (C=O) groups excluding carboxylic acids is 1. The summed E-state index contributed by atoms with van der Waals surface area (Å²) in [5.41, 5.74) is 5.67. The minimum atomic E-state index is -0.352. The van der Waals surface area contributed by atoms with Crippen LogP contribution >= 0.6 is 12.2 Å². The molecule has 1 saturated heterocycles. The van der Waals surface area contributed by atoms with E-state index in [1.54, 1.807) is 0 Å². The Balaban J connectivity index is 2.75. The summed E-state index contributed by atoms with van der Waals surface area (Å²) in [5.74, 6) is -0.167. The maximum absolute atomic E-state index is 12.4. The number of carbonyl (C=O) groups is 1. The number of nitrogens with two attached hydrogens (primary N) is 1. The van der Waals surface area contributed by atoms with Crippen molar-refractivity contribution in [3.8, 4) is 0 Å². The second-order valence-corrected chi connectivity index (χ2v) is 5.41. The average molecular weight is 258 g/mol. The highest BCUT2D eigenvalue weighted by molar-refractivity contribution is 7.80. The molecule has 2 unspecified atom stereocenters. The quantitative estimate of drug-likeness (QED) is 0.772. The first-order chi connectivity index (χ1) is 7.93. The zero-order valence-electron chi connectivity index (χ0n) is 10.8. The smallest absolute Gasteiger partial charge is 0.232 e. The first-order valence-electron chi connectivity index (χ1n) is 6.13. The SMILES string of the molecule is CC1CN(C(=O)C(C(N)=S)C(C)C)CCCO1. The second-order valence-electron chi connectivity index (χ2n) is 4.94. The van der Waals surface area contributed by atoms with Crippen molar-refractivity contribution in [3.05, 3.63) is 0 Å². The molecular weight excluding hydrogens is 236 g/mol. The van der Waals surface area contributed by atoms with Gasteiger partial charge in [-0.05, 0) is 19.3 Å². The standard InChI is InChI=1S/C12H22N2O2S/c1-8(2)10(11(13)17)12(15)14-5-4-6-16-9(3)7-14/h8-10H,4-7H2,1-3H3,(H2,13,17). The van der Waals surface area contributed by atoms with Crippen LogP contribution in [0, 0.1) is 11.8 Å². The summed E-state index contributed by atoms with van der Waals surface area (Å²) >= 11 is 5.00. The molecule has 0 bridgehead atoms. The fourth-order valence-corrected chi connectivity index (χ4v) is 2.50. The highest BCUT2D eigenvalue weighted by Crippen LogP contribution is 2.17. The molecule has 0 aromatic carbocycles. The van der Waals surface area contributed by atoms with E-state index in [-0.39, 0.29) is 23.8 Å². The highest BCUT2D eigenvalue weighted by Gasteiger charge is 2.30. The molecule has 17 heavy (non-hydrogen) atoms. The topological polar surface area (TPSA) is 55.6 Å². The molecule has 1 amide bonds. The van der Waals surface area contributed by atoms with Gasteiger partial charge in [-0.15, -0.1) is 0 Å². The van der Waals surface area contributed by atoms with E-state index in [2.05, 4.69) is 0 Å². The van der Waals surface area contributed by atoms with Crippen molar-refractivity contribution in [2.75, 3.05) is 19.7 Å². The number of rotatable bonds is 3. The third-order valence-electron chi connectivity index (χ3n) is 3.00. The molecule has 2 N–H and O–H groups in total. The van der Waals surface area contributed by atoms with Gasteiger partial charge in [0, 0.05) is 19.7 Å². The Hall–Kier alpha value is -0.680. The lowest BCUT2D eigenvalue weighted by Gasteiger charge is -2.28. The van der Waals surface area contributed by atoms with Gasteiger partial charge in [-0.3, -0.25) is 4.79 Å². The van der Waals surface area contributed by atoms with Crippen LogP contribution in [0.5, 0.6) is 0 Å². The van der Waals surface area contributed by atoms with Gasteiger partial charge in [-0.2, -0.15) is 0 Å². The van der Waals surface area contributed by atoms with Gasteiger partial charge in [0.25, 0.3) is 0 Å². The zero-order chi connectivity index (χ0) is 13.0. The summed E-state index contributed by atoms with van der Waals surface area (Å²) in [4.78, 5) is 14.5. The van der Waals surface area contributed by atoms with Gasteiger partial charge in [0.15, 0.2) is 0 Å². The maximum Gasteiger partial charge on any atom is 0.232 e. The molecule has 1 aliphatic heterocycles. The number of hydrogen-bond acceptors (Lipinski definition) is 3. The lowest BCUT2D eigenvalue weighted by atomic mass is 9.94. The van der Waals surface area contributed by atoms with E-state index < -0.39 is 0 Å². The van der Waals surface area contributed by atoms with Gasteiger partial charge in [0.05, 0.1) is 17.0 Å². The predicted molar refractivity (Wildman–Crippen MR) is 71.7 cm³/mol.